The van der Waals surface area contributed by atoms with E-state index in [1.165, 1.54) is 12.0 Å². The second-order valence-electron chi connectivity index (χ2n) is 10.8. The number of allylic oxidation sites excluding steroid dienone is 1. The Labute approximate surface area is 169 Å². The molecule has 0 aromatic rings. The Kier molecular flexibility index (Phi) is 5.19. The summed E-state index contributed by atoms with van der Waals surface area (Å²) in [5, 5.41) is 30.7. The summed E-state index contributed by atoms with van der Waals surface area (Å²) >= 11 is 0. The van der Waals surface area contributed by atoms with Crippen LogP contribution in [0.25, 0.3) is 0 Å². The van der Waals surface area contributed by atoms with Gasteiger partial charge in [0.1, 0.15) is 0 Å². The van der Waals surface area contributed by atoms with Crippen LogP contribution < -0.4 is 0 Å². The first-order chi connectivity index (χ1) is 13.2. The third-order valence-corrected chi connectivity index (χ3v) is 9.65. The summed E-state index contributed by atoms with van der Waals surface area (Å²) in [5.74, 6) is 1.02. The van der Waals surface area contributed by atoms with Crippen LogP contribution >= 0.6 is 0 Å². The minimum absolute atomic E-state index is 0.142. The summed E-state index contributed by atoms with van der Waals surface area (Å²) in [6.45, 7) is 6.88. The third-order valence-electron chi connectivity index (χ3n) is 9.65. The van der Waals surface area contributed by atoms with Gasteiger partial charge in [0.2, 0.25) is 0 Å². The zero-order valence-corrected chi connectivity index (χ0v) is 17.8. The van der Waals surface area contributed by atoms with E-state index in [1.807, 2.05) is 0 Å². The van der Waals surface area contributed by atoms with Crippen LogP contribution in [0.15, 0.2) is 11.1 Å². The first kappa shape index (κ1) is 20.4. The molecule has 3 fully saturated rings. The van der Waals surface area contributed by atoms with E-state index in [-0.39, 0.29) is 29.5 Å². The van der Waals surface area contributed by atoms with Crippen molar-refractivity contribution in [2.45, 2.75) is 97.2 Å². The Morgan fingerprint density at radius 3 is 2.61 bits per heavy atom. The highest BCUT2D eigenvalue weighted by Gasteiger charge is 2.58. The summed E-state index contributed by atoms with van der Waals surface area (Å²) in [6, 6.07) is 0. The molecule has 158 valence electrons. The molecule has 4 aliphatic rings. The molecule has 2 unspecified atom stereocenters. The van der Waals surface area contributed by atoms with Crippen molar-refractivity contribution in [1.29, 1.82) is 0 Å². The van der Waals surface area contributed by atoms with Crippen LogP contribution in [0.3, 0.4) is 0 Å². The van der Waals surface area contributed by atoms with Crippen molar-refractivity contribution in [1.82, 2.24) is 0 Å². The Balaban J connectivity index is 1.64. The van der Waals surface area contributed by atoms with Crippen molar-refractivity contribution in [3.63, 3.8) is 0 Å². The lowest BCUT2D eigenvalue weighted by Crippen LogP contribution is -2.52. The van der Waals surface area contributed by atoms with Gasteiger partial charge in [0.25, 0.3) is 0 Å². The van der Waals surface area contributed by atoms with Crippen LogP contribution in [-0.4, -0.2) is 33.5 Å². The monoisotopic (exact) mass is 390 g/mol. The van der Waals surface area contributed by atoms with Crippen molar-refractivity contribution < 1.29 is 20.1 Å². The smallest absolute Gasteiger partial charge is 0.303 e. The maximum atomic E-state index is 11.4. The van der Waals surface area contributed by atoms with E-state index in [4.69, 9.17) is 5.11 Å². The number of aliphatic hydroxyl groups is 2. The van der Waals surface area contributed by atoms with Crippen LogP contribution in [0.4, 0.5) is 0 Å². The average Bonchev–Trinajstić information content (AvgIpc) is 3.00. The lowest BCUT2D eigenvalue weighted by molar-refractivity contribution is -0.137. The standard InChI is InChI=1S/C24H38O4/c1-14(4-9-22(27)28)18-7-8-19-17-6-5-15-12-16(25)10-11-23(15,2)20(17)13-21(26)24(18,19)3/h14-16,18,20-21,25-26H,4-13H2,1-3H3,(H,27,28)/t14-,15+,16+,18?,20?,21-,23-,24+/m0/s1. The molecule has 0 aromatic heterocycles. The topological polar surface area (TPSA) is 77.8 Å². The Hall–Kier alpha value is -0.870. The number of rotatable bonds is 4. The fourth-order valence-corrected chi connectivity index (χ4v) is 7.92. The Bertz CT molecular complexity index is 670. The van der Waals surface area contributed by atoms with Gasteiger partial charge in [-0.05, 0) is 86.9 Å². The van der Waals surface area contributed by atoms with E-state index in [9.17, 15) is 15.0 Å². The number of fused-ring (bicyclic) bond motifs is 4. The van der Waals surface area contributed by atoms with E-state index >= 15 is 0 Å². The molecule has 0 radical (unpaired) electrons. The number of carbonyl (C=O) groups is 1. The van der Waals surface area contributed by atoms with Gasteiger partial charge in [0, 0.05) is 11.8 Å². The van der Waals surface area contributed by atoms with Crippen molar-refractivity contribution in [2.75, 3.05) is 0 Å². The minimum atomic E-state index is -0.719. The van der Waals surface area contributed by atoms with Crippen LogP contribution in [0.1, 0.15) is 85.0 Å². The van der Waals surface area contributed by atoms with E-state index in [0.29, 0.717) is 30.1 Å². The lowest BCUT2D eigenvalue weighted by atomic mass is 9.48. The van der Waals surface area contributed by atoms with Gasteiger partial charge >= 0.3 is 5.97 Å². The number of carboxylic acid groups (broad SMARTS) is 1. The molecule has 0 aromatic carbocycles. The second-order valence-corrected chi connectivity index (χ2v) is 10.8. The summed E-state index contributed by atoms with van der Waals surface area (Å²) in [4.78, 5) is 11.0. The summed E-state index contributed by atoms with van der Waals surface area (Å²) in [5.41, 5.74) is 3.20. The van der Waals surface area contributed by atoms with Gasteiger partial charge < -0.3 is 15.3 Å². The summed E-state index contributed by atoms with van der Waals surface area (Å²) in [6.07, 6.45) is 8.65. The van der Waals surface area contributed by atoms with Gasteiger partial charge in [0.15, 0.2) is 0 Å². The van der Waals surface area contributed by atoms with E-state index in [0.717, 1.165) is 44.9 Å². The molecule has 4 aliphatic carbocycles. The molecule has 0 spiro atoms. The molecule has 4 nitrogen and oxygen atoms in total. The molecule has 28 heavy (non-hydrogen) atoms. The fraction of sp³-hybridized carbons (Fsp3) is 0.875. The molecule has 3 N–H and O–H groups in total. The maximum absolute atomic E-state index is 11.4. The molecule has 4 heteroatoms. The molecule has 0 saturated heterocycles. The lowest BCUT2D eigenvalue weighted by Gasteiger charge is -2.58. The average molecular weight is 391 g/mol. The highest BCUT2D eigenvalue weighted by atomic mass is 16.4. The number of aliphatic hydroxyl groups excluding tert-OH is 2. The van der Waals surface area contributed by atoms with Gasteiger partial charge in [0.05, 0.1) is 12.2 Å². The fourth-order valence-electron chi connectivity index (χ4n) is 7.92. The van der Waals surface area contributed by atoms with Gasteiger partial charge in [-0.15, -0.1) is 0 Å². The first-order valence-electron chi connectivity index (χ1n) is 11.5. The van der Waals surface area contributed by atoms with E-state index in [1.54, 1.807) is 5.57 Å². The minimum Gasteiger partial charge on any atom is -0.481 e. The summed E-state index contributed by atoms with van der Waals surface area (Å²) < 4.78 is 0. The van der Waals surface area contributed by atoms with Gasteiger partial charge in [-0.2, -0.15) is 0 Å². The molecular formula is C24H38O4. The highest BCUT2D eigenvalue weighted by Crippen LogP contribution is 2.65. The predicted octanol–water partition coefficient (Wildman–Crippen LogP) is 4.54. The molecule has 4 rings (SSSR count). The van der Waals surface area contributed by atoms with Gasteiger partial charge in [-0.25, -0.2) is 0 Å². The van der Waals surface area contributed by atoms with Crippen molar-refractivity contribution in [3.05, 3.63) is 11.1 Å². The quantitative estimate of drug-likeness (QED) is 0.616. The SMILES string of the molecule is C[C@@H](CCC(=O)O)C1CCC2=C3CC[C@@H]4C[C@H](O)CC[C@]4(C)C3C[C@H](O)[C@@]21C. The number of carboxylic acids is 1. The molecule has 8 atom stereocenters. The zero-order chi connectivity index (χ0) is 20.3. The van der Waals surface area contributed by atoms with E-state index in [2.05, 4.69) is 20.8 Å². The Morgan fingerprint density at radius 1 is 1.14 bits per heavy atom. The van der Waals surface area contributed by atoms with Gasteiger partial charge in [-0.1, -0.05) is 31.9 Å². The molecular weight excluding hydrogens is 352 g/mol. The molecule has 3 saturated carbocycles. The predicted molar refractivity (Wildman–Crippen MR) is 109 cm³/mol. The first-order valence-corrected chi connectivity index (χ1v) is 11.5. The van der Waals surface area contributed by atoms with Gasteiger partial charge in [-0.3, -0.25) is 4.79 Å². The Morgan fingerprint density at radius 2 is 1.89 bits per heavy atom. The van der Waals surface area contributed by atoms with Crippen molar-refractivity contribution in [2.24, 2.45) is 34.5 Å². The summed E-state index contributed by atoms with van der Waals surface area (Å²) in [7, 11) is 0. The maximum Gasteiger partial charge on any atom is 0.303 e. The molecule has 0 aliphatic heterocycles. The zero-order valence-electron chi connectivity index (χ0n) is 17.8. The van der Waals surface area contributed by atoms with Crippen LogP contribution in [-0.2, 0) is 4.79 Å². The normalized spacial score (nSPS) is 46.5. The molecule has 0 heterocycles. The van der Waals surface area contributed by atoms with Crippen molar-refractivity contribution in [3.8, 4) is 0 Å². The highest BCUT2D eigenvalue weighted by molar-refractivity contribution is 5.66. The molecule has 0 amide bonds. The van der Waals surface area contributed by atoms with Crippen LogP contribution in [0.2, 0.25) is 0 Å². The largest absolute Gasteiger partial charge is 0.481 e. The second kappa shape index (κ2) is 7.12. The number of aliphatic carboxylic acids is 1. The van der Waals surface area contributed by atoms with E-state index < -0.39 is 5.97 Å². The number of hydrogen-bond acceptors (Lipinski definition) is 3. The van der Waals surface area contributed by atoms with Crippen LogP contribution in [0, 0.1) is 34.5 Å². The molecule has 0 bridgehead atoms. The third kappa shape index (κ3) is 2.98. The van der Waals surface area contributed by atoms with Crippen LogP contribution in [0.5, 0.6) is 0 Å². The number of hydrogen-bond donors (Lipinski definition) is 3. The van der Waals surface area contributed by atoms with Crippen molar-refractivity contribution >= 4 is 5.97 Å².